The van der Waals surface area contributed by atoms with E-state index in [1.165, 1.54) is 24.3 Å². The third-order valence-electron chi connectivity index (χ3n) is 3.08. The maximum absolute atomic E-state index is 12.8. The Bertz CT molecular complexity index is 577. The molecule has 0 amide bonds. The largest absolute Gasteiger partial charge is 0.411 e. The third-order valence-corrected chi connectivity index (χ3v) is 3.08. The lowest BCUT2D eigenvalue weighted by Crippen LogP contribution is -2.38. The van der Waals surface area contributed by atoms with Gasteiger partial charge in [0.2, 0.25) is 0 Å². The highest BCUT2D eigenvalue weighted by Gasteiger charge is 2.36. The average Bonchev–Trinajstić information content (AvgIpc) is 2.38. The molecule has 20 heavy (non-hydrogen) atoms. The van der Waals surface area contributed by atoms with Crippen molar-refractivity contribution in [1.82, 2.24) is 0 Å². The molecular weight excluding hydrogens is 261 g/mol. The molecule has 0 spiro atoms. The monoisotopic (exact) mass is 277 g/mol. The van der Waals surface area contributed by atoms with E-state index in [4.69, 9.17) is 5.21 Å². The molecule has 6 heteroatoms. The molecule has 1 fully saturated rings. The molecule has 1 aromatic rings. The molecule has 0 heterocycles. The number of ketones is 1. The number of benzene rings is 1. The lowest BCUT2D eigenvalue weighted by atomic mass is 9.75. The minimum Gasteiger partial charge on any atom is -0.411 e. The Labute approximate surface area is 116 Å². The van der Waals surface area contributed by atoms with Gasteiger partial charge in [0.05, 0.1) is 5.69 Å². The highest BCUT2D eigenvalue weighted by atomic mass is 19.1. The summed E-state index contributed by atoms with van der Waals surface area (Å²) in [6, 6.07) is 5.59. The third kappa shape index (κ3) is 3.20. The number of rotatable bonds is 2. The van der Waals surface area contributed by atoms with Crippen LogP contribution in [0.4, 0.5) is 10.1 Å². The van der Waals surface area contributed by atoms with Crippen molar-refractivity contribution in [2.45, 2.75) is 26.7 Å². The van der Waals surface area contributed by atoms with Gasteiger partial charge in [0.15, 0.2) is 11.5 Å². The second kappa shape index (κ2) is 5.40. The zero-order valence-corrected chi connectivity index (χ0v) is 11.4. The van der Waals surface area contributed by atoms with Crippen molar-refractivity contribution in [2.75, 3.05) is 5.43 Å². The van der Waals surface area contributed by atoms with Gasteiger partial charge in [-0.3, -0.25) is 10.2 Å². The molecule has 0 unspecified atom stereocenters. The normalized spacial score (nSPS) is 22.2. The fourth-order valence-corrected chi connectivity index (χ4v) is 2.13. The number of carbonyl (C=O) groups excluding carboxylic acids is 1. The van der Waals surface area contributed by atoms with Crippen molar-refractivity contribution in [3.05, 3.63) is 30.1 Å². The fourth-order valence-electron chi connectivity index (χ4n) is 2.13. The molecule has 1 aliphatic rings. The molecule has 5 nitrogen and oxygen atoms in total. The van der Waals surface area contributed by atoms with Gasteiger partial charge in [0, 0.05) is 12.8 Å². The highest BCUT2D eigenvalue weighted by molar-refractivity contribution is 6.68. The van der Waals surface area contributed by atoms with Crippen LogP contribution in [0.1, 0.15) is 26.7 Å². The second-order valence-electron chi connectivity index (χ2n) is 5.57. The molecule has 0 atom stereocenters. The molecule has 2 N–H and O–H groups in total. The predicted octanol–water partition coefficient (Wildman–Crippen LogP) is 2.81. The Hall–Kier alpha value is -2.24. The van der Waals surface area contributed by atoms with Crippen LogP contribution in [-0.4, -0.2) is 22.4 Å². The van der Waals surface area contributed by atoms with E-state index in [1.807, 2.05) is 13.8 Å². The Morgan fingerprint density at radius 2 is 1.90 bits per heavy atom. The van der Waals surface area contributed by atoms with Gasteiger partial charge in [-0.1, -0.05) is 19.0 Å². The Morgan fingerprint density at radius 1 is 1.25 bits per heavy atom. The van der Waals surface area contributed by atoms with Gasteiger partial charge in [-0.25, -0.2) is 4.39 Å². The Kier molecular flexibility index (Phi) is 3.83. The van der Waals surface area contributed by atoms with Gasteiger partial charge >= 0.3 is 0 Å². The van der Waals surface area contributed by atoms with Crippen molar-refractivity contribution < 1.29 is 14.4 Å². The first kappa shape index (κ1) is 14.2. The maximum Gasteiger partial charge on any atom is 0.185 e. The summed E-state index contributed by atoms with van der Waals surface area (Å²) in [6.07, 6.45) is 0.815. The zero-order chi connectivity index (χ0) is 14.8. The Morgan fingerprint density at radius 3 is 2.50 bits per heavy atom. The van der Waals surface area contributed by atoms with Crippen LogP contribution in [0.25, 0.3) is 0 Å². The number of hydrazone groups is 1. The minimum absolute atomic E-state index is 0.121. The number of halogens is 1. The molecule has 0 radical (unpaired) electrons. The van der Waals surface area contributed by atoms with Crippen LogP contribution in [-0.2, 0) is 4.79 Å². The lowest BCUT2D eigenvalue weighted by Gasteiger charge is -2.29. The van der Waals surface area contributed by atoms with Crippen molar-refractivity contribution in [3.63, 3.8) is 0 Å². The molecule has 0 bridgehead atoms. The van der Waals surface area contributed by atoms with Gasteiger partial charge in [-0.2, -0.15) is 5.10 Å². The number of oxime groups is 1. The van der Waals surface area contributed by atoms with E-state index in [2.05, 4.69) is 15.7 Å². The summed E-state index contributed by atoms with van der Waals surface area (Å²) in [5, 5.41) is 16.2. The molecule has 1 saturated carbocycles. The van der Waals surface area contributed by atoms with E-state index in [0.717, 1.165) is 0 Å². The van der Waals surface area contributed by atoms with Crippen LogP contribution in [0.15, 0.2) is 34.5 Å². The summed E-state index contributed by atoms with van der Waals surface area (Å²) in [6.45, 7) is 3.86. The molecule has 106 valence electrons. The predicted molar refractivity (Wildman–Crippen MR) is 74.7 cm³/mol. The average molecular weight is 277 g/mol. The number of anilines is 1. The van der Waals surface area contributed by atoms with Crippen molar-refractivity contribution >= 4 is 22.9 Å². The quantitative estimate of drug-likeness (QED) is 0.644. The summed E-state index contributed by atoms with van der Waals surface area (Å²) >= 11 is 0. The van der Waals surface area contributed by atoms with Crippen LogP contribution in [0.5, 0.6) is 0 Å². The van der Waals surface area contributed by atoms with Crippen LogP contribution in [0, 0.1) is 11.2 Å². The van der Waals surface area contributed by atoms with Gasteiger partial charge in [-0.05, 0) is 29.7 Å². The SMILES string of the molecule is CC1(C)CC(=O)C(=N\Nc2ccc(F)cc2)/C(=N/O)C1. The summed E-state index contributed by atoms with van der Waals surface area (Å²) in [7, 11) is 0. The van der Waals surface area contributed by atoms with Crippen LogP contribution in [0.2, 0.25) is 0 Å². The lowest BCUT2D eigenvalue weighted by molar-refractivity contribution is -0.114. The van der Waals surface area contributed by atoms with Crippen LogP contribution < -0.4 is 5.43 Å². The molecule has 0 saturated heterocycles. The molecule has 0 aromatic heterocycles. The highest BCUT2D eigenvalue weighted by Crippen LogP contribution is 2.31. The van der Waals surface area contributed by atoms with Gasteiger partial charge in [0.1, 0.15) is 11.5 Å². The fraction of sp³-hybridized carbons (Fsp3) is 0.357. The Balaban J connectivity index is 2.20. The minimum atomic E-state index is -0.351. The van der Waals surface area contributed by atoms with Gasteiger partial charge in [0.25, 0.3) is 0 Å². The summed E-state index contributed by atoms with van der Waals surface area (Å²) in [5.74, 6) is -0.528. The van der Waals surface area contributed by atoms with E-state index < -0.39 is 0 Å². The first-order chi connectivity index (χ1) is 9.41. The molecular formula is C14H16FN3O2. The summed E-state index contributed by atoms with van der Waals surface area (Å²) < 4.78 is 12.8. The molecule has 2 rings (SSSR count). The number of hydrogen-bond donors (Lipinski definition) is 2. The number of nitrogens with zero attached hydrogens (tertiary/aromatic N) is 2. The maximum atomic E-state index is 12.8. The standard InChI is InChI=1S/C14H16FN3O2/c1-14(2)7-11(18-20)13(12(19)8-14)17-16-10-5-3-9(15)4-6-10/h3-6,16,20H,7-8H2,1-2H3/b17-13-,18-11+. The summed E-state index contributed by atoms with van der Waals surface area (Å²) in [5.41, 5.74) is 3.37. The molecule has 0 aliphatic heterocycles. The van der Waals surface area contributed by atoms with E-state index >= 15 is 0 Å². The van der Waals surface area contributed by atoms with Crippen LogP contribution >= 0.6 is 0 Å². The molecule has 1 aliphatic carbocycles. The van der Waals surface area contributed by atoms with Crippen molar-refractivity contribution in [3.8, 4) is 0 Å². The first-order valence-corrected chi connectivity index (χ1v) is 6.25. The number of carbonyl (C=O) groups is 1. The molecule has 1 aromatic carbocycles. The summed E-state index contributed by atoms with van der Waals surface area (Å²) in [4.78, 5) is 12.0. The zero-order valence-electron chi connectivity index (χ0n) is 11.4. The van der Waals surface area contributed by atoms with E-state index in [-0.39, 0.29) is 28.4 Å². The van der Waals surface area contributed by atoms with Crippen molar-refractivity contribution in [2.24, 2.45) is 15.7 Å². The van der Waals surface area contributed by atoms with E-state index in [0.29, 0.717) is 18.5 Å². The van der Waals surface area contributed by atoms with Crippen molar-refractivity contribution in [1.29, 1.82) is 0 Å². The van der Waals surface area contributed by atoms with E-state index in [9.17, 15) is 9.18 Å². The number of hydrogen-bond acceptors (Lipinski definition) is 5. The van der Waals surface area contributed by atoms with Crippen LogP contribution in [0.3, 0.4) is 0 Å². The second-order valence-corrected chi connectivity index (χ2v) is 5.57. The first-order valence-electron chi connectivity index (χ1n) is 6.25. The number of nitrogens with one attached hydrogen (secondary N) is 1. The topological polar surface area (TPSA) is 74.0 Å². The van der Waals surface area contributed by atoms with Gasteiger partial charge in [-0.15, -0.1) is 0 Å². The van der Waals surface area contributed by atoms with E-state index in [1.54, 1.807) is 0 Å². The van der Waals surface area contributed by atoms with Gasteiger partial charge < -0.3 is 5.21 Å². The number of Topliss-reactive ketones (excluding diaryl/α,β-unsaturated/α-hetero) is 1. The smallest absolute Gasteiger partial charge is 0.185 e.